The maximum absolute atomic E-state index is 13.9. The van der Waals surface area contributed by atoms with Gasteiger partial charge in [-0.15, -0.1) is 0 Å². The molecule has 19 heavy (non-hydrogen) atoms. The zero-order valence-electron chi connectivity index (χ0n) is 10.2. The minimum Gasteiger partial charge on any atom is -0.369 e. The molecule has 0 amide bonds. The SMILES string of the molecule is CNC(OP(=O)(O)O)[C@H]1OCCc2cccc(F)c21. The van der Waals surface area contributed by atoms with E-state index in [1.807, 2.05) is 0 Å². The monoisotopic (exact) mass is 291 g/mol. The van der Waals surface area contributed by atoms with Crippen LogP contribution in [-0.2, 0) is 20.2 Å². The lowest BCUT2D eigenvalue weighted by Crippen LogP contribution is -2.38. The van der Waals surface area contributed by atoms with E-state index in [1.165, 1.54) is 13.1 Å². The minimum absolute atomic E-state index is 0.279. The molecule has 0 fully saturated rings. The van der Waals surface area contributed by atoms with Gasteiger partial charge in [-0.2, -0.15) is 0 Å². The Bertz CT molecular complexity index is 506. The average Bonchev–Trinajstić information content (AvgIpc) is 2.34. The molecule has 1 aromatic rings. The maximum Gasteiger partial charge on any atom is 0.471 e. The van der Waals surface area contributed by atoms with Crippen LogP contribution in [0.5, 0.6) is 0 Å². The van der Waals surface area contributed by atoms with Gasteiger partial charge in [0.1, 0.15) is 11.9 Å². The van der Waals surface area contributed by atoms with E-state index in [-0.39, 0.29) is 5.56 Å². The van der Waals surface area contributed by atoms with Crippen molar-refractivity contribution in [2.24, 2.45) is 0 Å². The molecule has 3 N–H and O–H groups in total. The zero-order chi connectivity index (χ0) is 14.0. The van der Waals surface area contributed by atoms with Gasteiger partial charge in [-0.1, -0.05) is 12.1 Å². The van der Waals surface area contributed by atoms with E-state index in [0.717, 1.165) is 5.56 Å². The van der Waals surface area contributed by atoms with Crippen LogP contribution >= 0.6 is 7.82 Å². The number of rotatable bonds is 4. The molecule has 0 aromatic heterocycles. The predicted octanol–water partition coefficient (Wildman–Crippen LogP) is 1.09. The van der Waals surface area contributed by atoms with Gasteiger partial charge in [-0.3, -0.25) is 9.84 Å². The number of likely N-dealkylation sites (N-methyl/N-ethyl adjacent to an activating group) is 1. The summed E-state index contributed by atoms with van der Waals surface area (Å²) in [6.45, 7) is 0.337. The Morgan fingerprint density at radius 3 is 2.95 bits per heavy atom. The molecule has 8 heteroatoms. The highest BCUT2D eigenvalue weighted by atomic mass is 31.2. The minimum atomic E-state index is -4.70. The van der Waals surface area contributed by atoms with Crippen molar-refractivity contribution in [2.75, 3.05) is 13.7 Å². The second-order valence-electron chi connectivity index (χ2n) is 4.16. The van der Waals surface area contributed by atoms with E-state index in [2.05, 4.69) is 9.84 Å². The Morgan fingerprint density at radius 2 is 2.32 bits per heavy atom. The molecule has 1 aliphatic heterocycles. The summed E-state index contributed by atoms with van der Waals surface area (Å²) in [5.41, 5.74) is 1.03. The van der Waals surface area contributed by atoms with Crippen LogP contribution in [-0.4, -0.2) is 29.7 Å². The van der Waals surface area contributed by atoms with Crippen molar-refractivity contribution in [1.82, 2.24) is 5.32 Å². The third-order valence-corrected chi connectivity index (χ3v) is 3.41. The van der Waals surface area contributed by atoms with Gasteiger partial charge in [-0.25, -0.2) is 8.96 Å². The second-order valence-corrected chi connectivity index (χ2v) is 5.35. The summed E-state index contributed by atoms with van der Waals surface area (Å²) in [4.78, 5) is 17.7. The maximum atomic E-state index is 13.9. The molecule has 1 heterocycles. The predicted molar refractivity (Wildman–Crippen MR) is 64.8 cm³/mol. The van der Waals surface area contributed by atoms with Gasteiger partial charge < -0.3 is 14.5 Å². The third kappa shape index (κ3) is 3.39. The topological polar surface area (TPSA) is 88.0 Å². The Morgan fingerprint density at radius 1 is 1.58 bits per heavy atom. The molecule has 6 nitrogen and oxygen atoms in total. The quantitative estimate of drug-likeness (QED) is 0.568. The number of benzene rings is 1. The van der Waals surface area contributed by atoms with E-state index >= 15 is 0 Å². The van der Waals surface area contributed by atoms with Gasteiger partial charge in [-0.05, 0) is 25.1 Å². The van der Waals surface area contributed by atoms with Crippen LogP contribution in [0.4, 0.5) is 4.39 Å². The number of nitrogens with one attached hydrogen (secondary N) is 1. The lowest BCUT2D eigenvalue weighted by molar-refractivity contribution is -0.0568. The highest BCUT2D eigenvalue weighted by Crippen LogP contribution is 2.42. The van der Waals surface area contributed by atoms with Crippen LogP contribution in [0.15, 0.2) is 18.2 Å². The summed E-state index contributed by atoms with van der Waals surface area (Å²) in [6, 6.07) is 4.64. The first-order valence-corrected chi connectivity index (χ1v) is 7.25. The first-order chi connectivity index (χ1) is 8.92. The molecule has 1 unspecified atom stereocenters. The summed E-state index contributed by atoms with van der Waals surface area (Å²) >= 11 is 0. The van der Waals surface area contributed by atoms with Crippen molar-refractivity contribution in [2.45, 2.75) is 18.8 Å². The van der Waals surface area contributed by atoms with Crippen molar-refractivity contribution in [1.29, 1.82) is 0 Å². The molecule has 0 spiro atoms. The summed E-state index contributed by atoms with van der Waals surface area (Å²) in [6.07, 6.45) is -1.48. The van der Waals surface area contributed by atoms with Gasteiger partial charge in [0.05, 0.1) is 6.61 Å². The molecule has 1 aliphatic rings. The van der Waals surface area contributed by atoms with Crippen molar-refractivity contribution in [3.05, 3.63) is 35.1 Å². The van der Waals surface area contributed by atoms with E-state index in [0.29, 0.717) is 13.0 Å². The number of phosphoric ester groups is 1. The van der Waals surface area contributed by atoms with Crippen LogP contribution in [0, 0.1) is 5.82 Å². The number of hydrogen-bond acceptors (Lipinski definition) is 4. The first-order valence-electron chi connectivity index (χ1n) is 5.72. The van der Waals surface area contributed by atoms with E-state index < -0.39 is 26.0 Å². The number of phosphoric acid groups is 1. The molecule has 106 valence electrons. The molecular weight excluding hydrogens is 276 g/mol. The standard InChI is InChI=1S/C11H15FNO5P/c1-13-11(18-19(14,15)16)10-9-7(5-6-17-10)3-2-4-8(9)12/h2-4,10-11,13H,5-6H2,1H3,(H2,14,15,16)/t10-,11?/m0/s1. The largest absolute Gasteiger partial charge is 0.471 e. The van der Waals surface area contributed by atoms with Gasteiger partial charge in [0, 0.05) is 5.56 Å². The molecule has 2 atom stereocenters. The fourth-order valence-corrected chi connectivity index (χ4v) is 2.66. The highest BCUT2D eigenvalue weighted by molar-refractivity contribution is 7.46. The van der Waals surface area contributed by atoms with Crippen LogP contribution in [0.25, 0.3) is 0 Å². The van der Waals surface area contributed by atoms with Crippen molar-refractivity contribution >= 4 is 7.82 Å². The number of ether oxygens (including phenoxy) is 1. The Hall–Kier alpha value is -0.820. The van der Waals surface area contributed by atoms with Crippen molar-refractivity contribution in [3.63, 3.8) is 0 Å². The van der Waals surface area contributed by atoms with Crippen LogP contribution in [0.3, 0.4) is 0 Å². The third-order valence-electron chi connectivity index (χ3n) is 2.91. The average molecular weight is 291 g/mol. The molecule has 1 aromatic carbocycles. The normalized spacial score (nSPS) is 20.9. The first kappa shape index (κ1) is 14.6. The number of hydrogen-bond donors (Lipinski definition) is 3. The van der Waals surface area contributed by atoms with E-state index in [9.17, 15) is 8.96 Å². The smallest absolute Gasteiger partial charge is 0.369 e. The number of halogens is 1. The van der Waals surface area contributed by atoms with Crippen LogP contribution in [0.2, 0.25) is 0 Å². The summed E-state index contributed by atoms with van der Waals surface area (Å²) in [5, 5.41) is 2.59. The van der Waals surface area contributed by atoms with Crippen LogP contribution in [0.1, 0.15) is 17.2 Å². The Kier molecular flexibility index (Phi) is 4.35. The van der Waals surface area contributed by atoms with E-state index in [4.69, 9.17) is 14.5 Å². The lowest BCUT2D eigenvalue weighted by atomic mass is 9.96. The Balaban J connectivity index is 2.34. The molecule has 0 saturated heterocycles. The van der Waals surface area contributed by atoms with Crippen LogP contribution < -0.4 is 5.32 Å². The molecular formula is C11H15FNO5P. The van der Waals surface area contributed by atoms with Crippen molar-refractivity contribution < 1.29 is 28.0 Å². The lowest BCUT2D eigenvalue weighted by Gasteiger charge is -2.32. The van der Waals surface area contributed by atoms with Crippen molar-refractivity contribution in [3.8, 4) is 0 Å². The fourth-order valence-electron chi connectivity index (χ4n) is 2.14. The summed E-state index contributed by atoms with van der Waals surface area (Å²) in [7, 11) is -3.24. The number of fused-ring (bicyclic) bond motifs is 1. The molecule has 0 saturated carbocycles. The Labute approximate surface area is 109 Å². The summed E-state index contributed by atoms with van der Waals surface area (Å²) in [5.74, 6) is -0.475. The van der Waals surface area contributed by atoms with Gasteiger partial charge in [0.2, 0.25) is 0 Å². The molecule has 0 aliphatic carbocycles. The second kappa shape index (κ2) is 5.66. The zero-order valence-corrected chi connectivity index (χ0v) is 11.1. The fraction of sp³-hybridized carbons (Fsp3) is 0.455. The highest BCUT2D eigenvalue weighted by Gasteiger charge is 2.35. The molecule has 0 bridgehead atoms. The molecule has 0 radical (unpaired) electrons. The molecule has 2 rings (SSSR count). The van der Waals surface area contributed by atoms with Gasteiger partial charge in [0.25, 0.3) is 0 Å². The summed E-state index contributed by atoms with van der Waals surface area (Å²) < 4.78 is 34.8. The van der Waals surface area contributed by atoms with Gasteiger partial charge >= 0.3 is 7.82 Å². The van der Waals surface area contributed by atoms with E-state index in [1.54, 1.807) is 12.1 Å². The van der Waals surface area contributed by atoms with Gasteiger partial charge in [0.15, 0.2) is 6.23 Å².